The quantitative estimate of drug-likeness (QED) is 0.512. The van der Waals surface area contributed by atoms with E-state index < -0.39 is 47.6 Å². The van der Waals surface area contributed by atoms with Crippen molar-refractivity contribution in [2.24, 2.45) is 0 Å². The van der Waals surface area contributed by atoms with Gasteiger partial charge in [-0.2, -0.15) is 13.2 Å². The van der Waals surface area contributed by atoms with Crippen LogP contribution in [0.3, 0.4) is 0 Å². The predicted molar refractivity (Wildman–Crippen MR) is 111 cm³/mol. The highest BCUT2D eigenvalue weighted by atomic mass is 35.5. The number of alkyl halides is 3. The lowest BCUT2D eigenvalue weighted by Gasteiger charge is -2.42. The molecule has 1 saturated carbocycles. The summed E-state index contributed by atoms with van der Waals surface area (Å²) >= 11 is 6.54. The first-order chi connectivity index (χ1) is 14.9. The smallest absolute Gasteiger partial charge is 0.417 e. The van der Waals surface area contributed by atoms with Gasteiger partial charge in [0.05, 0.1) is 16.1 Å². The van der Waals surface area contributed by atoms with Crippen molar-refractivity contribution in [3.63, 3.8) is 0 Å². The van der Waals surface area contributed by atoms with Crippen LogP contribution in [0.1, 0.15) is 36.8 Å². The fourth-order valence-corrected chi connectivity index (χ4v) is 5.01. The summed E-state index contributed by atoms with van der Waals surface area (Å²) in [5.74, 6) is -1.76. The molecule has 1 spiro atoms. The van der Waals surface area contributed by atoms with E-state index in [1.165, 1.54) is 13.0 Å². The molecule has 9 heteroatoms. The minimum Gasteiger partial charge on any atom is -0.509 e. The van der Waals surface area contributed by atoms with Crippen molar-refractivity contribution in [2.45, 2.75) is 49.9 Å². The Balaban J connectivity index is 1.81. The summed E-state index contributed by atoms with van der Waals surface area (Å²) in [6.07, 6.45) is -6.80. The number of rotatable bonds is 2. The molecule has 2 aliphatic rings. The van der Waals surface area contributed by atoms with Crippen LogP contribution in [0.15, 0.2) is 42.2 Å². The maximum atomic E-state index is 14.8. The van der Waals surface area contributed by atoms with Gasteiger partial charge in [0.25, 0.3) is 5.91 Å². The molecule has 0 unspecified atom stereocenters. The number of hydrogen-bond donors (Lipinski definition) is 3. The lowest BCUT2D eigenvalue weighted by atomic mass is 9.73. The number of halogens is 5. The maximum absolute atomic E-state index is 14.8. The molecule has 1 amide bonds. The first-order valence-electron chi connectivity index (χ1n) is 10.00. The van der Waals surface area contributed by atoms with Crippen LogP contribution in [0.5, 0.6) is 0 Å². The number of aryl methyl sites for hydroxylation is 1. The van der Waals surface area contributed by atoms with Gasteiger partial charge < -0.3 is 15.5 Å². The number of carbonyl (C=O) groups is 1. The van der Waals surface area contributed by atoms with Crippen molar-refractivity contribution in [3.8, 4) is 11.1 Å². The first kappa shape index (κ1) is 22.6. The average Bonchev–Trinajstić information content (AvgIpc) is 2.95. The second-order valence-corrected chi connectivity index (χ2v) is 8.77. The Morgan fingerprint density at radius 2 is 1.66 bits per heavy atom. The molecule has 0 aromatic heterocycles. The van der Waals surface area contributed by atoms with Gasteiger partial charge in [0.2, 0.25) is 0 Å². The third kappa shape index (κ3) is 3.36. The largest absolute Gasteiger partial charge is 0.509 e. The van der Waals surface area contributed by atoms with Crippen LogP contribution in [-0.4, -0.2) is 33.4 Å². The van der Waals surface area contributed by atoms with Gasteiger partial charge in [-0.05, 0) is 49.8 Å². The highest BCUT2D eigenvalue weighted by Crippen LogP contribution is 2.50. The summed E-state index contributed by atoms with van der Waals surface area (Å²) in [6, 6.07) is 9.63. The third-order valence-corrected chi connectivity index (χ3v) is 6.83. The molecule has 0 atom stereocenters. The Morgan fingerprint density at radius 1 is 1.06 bits per heavy atom. The van der Waals surface area contributed by atoms with Crippen LogP contribution in [0.2, 0.25) is 5.02 Å². The number of aliphatic hydroxyl groups excluding tert-OH is 1. The summed E-state index contributed by atoms with van der Waals surface area (Å²) in [4.78, 5) is 12.9. The van der Waals surface area contributed by atoms with Crippen molar-refractivity contribution < 1.29 is 32.6 Å². The van der Waals surface area contributed by atoms with Crippen LogP contribution >= 0.6 is 11.6 Å². The van der Waals surface area contributed by atoms with E-state index in [0.29, 0.717) is 11.1 Å². The second kappa shape index (κ2) is 7.49. The fraction of sp³-hybridized carbons (Fsp3) is 0.348. The molecule has 1 aliphatic carbocycles. The molecule has 1 heterocycles. The summed E-state index contributed by atoms with van der Waals surface area (Å²) in [6.45, 7) is 1.53. The minimum absolute atomic E-state index is 0.0528. The van der Waals surface area contributed by atoms with Crippen molar-refractivity contribution in [1.82, 2.24) is 5.32 Å². The Morgan fingerprint density at radius 3 is 2.22 bits per heavy atom. The van der Waals surface area contributed by atoms with Gasteiger partial charge in [-0.15, -0.1) is 0 Å². The fourth-order valence-electron chi connectivity index (χ4n) is 4.57. The number of benzene rings is 2. The molecule has 2 aromatic carbocycles. The van der Waals surface area contributed by atoms with E-state index >= 15 is 0 Å². The van der Waals surface area contributed by atoms with E-state index in [0.717, 1.165) is 0 Å². The van der Waals surface area contributed by atoms with Crippen LogP contribution in [0.25, 0.3) is 16.7 Å². The first-order valence-corrected chi connectivity index (χ1v) is 10.4. The summed E-state index contributed by atoms with van der Waals surface area (Å²) < 4.78 is 54.4. The second-order valence-electron chi connectivity index (χ2n) is 8.39. The molecule has 1 aliphatic heterocycles. The Bertz CT molecular complexity index is 1120. The SMILES string of the molecule is Cc1cc(F)c(-c2ccccc2)c(Cl)c1C1=C(O)C2(CCC(O)(C(F)(F)F)CC2)NC1=O. The molecule has 0 saturated heterocycles. The highest BCUT2D eigenvalue weighted by Gasteiger charge is 2.60. The van der Waals surface area contributed by atoms with Crippen molar-refractivity contribution in [2.75, 3.05) is 0 Å². The maximum Gasteiger partial charge on any atom is 0.417 e. The molecule has 170 valence electrons. The number of hydrogen-bond acceptors (Lipinski definition) is 3. The summed E-state index contributed by atoms with van der Waals surface area (Å²) in [5.41, 5.74) is -3.58. The van der Waals surface area contributed by atoms with E-state index in [1.807, 2.05) is 0 Å². The van der Waals surface area contributed by atoms with Gasteiger partial charge in [0.1, 0.15) is 11.6 Å². The molecular formula is C23H20ClF4NO3. The van der Waals surface area contributed by atoms with Gasteiger partial charge in [-0.1, -0.05) is 41.9 Å². The third-order valence-electron chi connectivity index (χ3n) is 6.46. The van der Waals surface area contributed by atoms with Crippen molar-refractivity contribution in [3.05, 3.63) is 64.1 Å². The van der Waals surface area contributed by atoms with Gasteiger partial charge in [0, 0.05) is 11.1 Å². The van der Waals surface area contributed by atoms with Gasteiger partial charge in [-0.3, -0.25) is 4.79 Å². The molecule has 2 aromatic rings. The van der Waals surface area contributed by atoms with Crippen LogP contribution in [0, 0.1) is 12.7 Å². The van der Waals surface area contributed by atoms with E-state index in [2.05, 4.69) is 5.32 Å². The summed E-state index contributed by atoms with van der Waals surface area (Å²) in [5, 5.41) is 23.5. The van der Waals surface area contributed by atoms with E-state index in [1.54, 1.807) is 30.3 Å². The average molecular weight is 470 g/mol. The molecular weight excluding hydrogens is 450 g/mol. The molecule has 4 rings (SSSR count). The van der Waals surface area contributed by atoms with Crippen molar-refractivity contribution in [1.29, 1.82) is 0 Å². The van der Waals surface area contributed by atoms with E-state index in [4.69, 9.17) is 11.6 Å². The van der Waals surface area contributed by atoms with Crippen LogP contribution in [0.4, 0.5) is 17.6 Å². The molecule has 32 heavy (non-hydrogen) atoms. The molecule has 0 radical (unpaired) electrons. The number of nitrogens with one attached hydrogen (secondary N) is 1. The Kier molecular flexibility index (Phi) is 5.29. The highest BCUT2D eigenvalue weighted by molar-refractivity contribution is 6.38. The number of aliphatic hydroxyl groups is 2. The Hall–Kier alpha value is -2.58. The predicted octanol–water partition coefficient (Wildman–Crippen LogP) is 5.46. The lowest BCUT2D eigenvalue weighted by Crippen LogP contribution is -2.56. The van der Waals surface area contributed by atoms with E-state index in [9.17, 15) is 32.6 Å². The standard InChI is InChI=1S/C23H20ClF4NO3/c1-12-11-14(25)16(13-5-3-2-4-6-13)18(24)15(12)17-19(30)21(29-20(17)31)7-9-22(32,10-8-21)23(26,27)28/h2-6,11,30,32H,7-10H2,1H3,(H,29,31). The zero-order valence-corrected chi connectivity index (χ0v) is 17.7. The molecule has 0 bridgehead atoms. The topological polar surface area (TPSA) is 69.6 Å². The van der Waals surface area contributed by atoms with Crippen LogP contribution < -0.4 is 5.32 Å². The number of amides is 1. The lowest BCUT2D eigenvalue weighted by molar-refractivity contribution is -0.272. The normalized spacial score (nSPS) is 26.0. The van der Waals surface area contributed by atoms with Crippen LogP contribution in [-0.2, 0) is 4.79 Å². The molecule has 1 fully saturated rings. The monoisotopic (exact) mass is 469 g/mol. The van der Waals surface area contributed by atoms with Gasteiger partial charge in [-0.25, -0.2) is 4.39 Å². The van der Waals surface area contributed by atoms with Gasteiger partial charge in [0.15, 0.2) is 5.60 Å². The zero-order chi connectivity index (χ0) is 23.5. The zero-order valence-electron chi connectivity index (χ0n) is 17.0. The Labute approximate surface area is 186 Å². The van der Waals surface area contributed by atoms with Gasteiger partial charge >= 0.3 is 6.18 Å². The minimum atomic E-state index is -4.82. The number of carbonyl (C=O) groups excluding carboxylic acids is 1. The molecule has 3 N–H and O–H groups in total. The summed E-state index contributed by atoms with van der Waals surface area (Å²) in [7, 11) is 0. The molecule has 4 nitrogen and oxygen atoms in total. The van der Waals surface area contributed by atoms with E-state index in [-0.39, 0.29) is 34.6 Å². The van der Waals surface area contributed by atoms with Crippen molar-refractivity contribution >= 4 is 23.1 Å².